The summed E-state index contributed by atoms with van der Waals surface area (Å²) >= 11 is 12.1. The minimum Gasteiger partial charge on any atom is -0.378 e. The van der Waals surface area contributed by atoms with Gasteiger partial charge < -0.3 is 5.32 Å². The SMILES string of the molecule is Cc1ccc([N+](=O)[O-])cc1NC(C)c1ccc(Cl)cc1Cl. The highest BCUT2D eigenvalue weighted by molar-refractivity contribution is 6.35. The average Bonchev–Trinajstić information content (AvgIpc) is 2.40. The molecule has 0 aromatic heterocycles. The smallest absolute Gasteiger partial charge is 0.271 e. The van der Waals surface area contributed by atoms with Gasteiger partial charge in [-0.15, -0.1) is 0 Å². The molecule has 2 rings (SSSR count). The summed E-state index contributed by atoms with van der Waals surface area (Å²) in [6, 6.07) is 9.91. The van der Waals surface area contributed by atoms with Gasteiger partial charge in [0.1, 0.15) is 0 Å². The molecule has 0 radical (unpaired) electrons. The monoisotopic (exact) mass is 324 g/mol. The Bertz CT molecular complexity index is 689. The Morgan fingerprint density at radius 3 is 2.52 bits per heavy atom. The topological polar surface area (TPSA) is 55.2 Å². The number of aryl methyl sites for hydroxylation is 1. The van der Waals surface area contributed by atoms with E-state index in [9.17, 15) is 10.1 Å². The molecule has 21 heavy (non-hydrogen) atoms. The van der Waals surface area contributed by atoms with Crippen molar-refractivity contribution in [3.63, 3.8) is 0 Å². The number of nitrogens with one attached hydrogen (secondary N) is 1. The highest BCUT2D eigenvalue weighted by atomic mass is 35.5. The molecule has 0 saturated carbocycles. The lowest BCUT2D eigenvalue weighted by Gasteiger charge is -2.18. The molecule has 0 aliphatic heterocycles. The van der Waals surface area contributed by atoms with Crippen molar-refractivity contribution < 1.29 is 4.92 Å². The summed E-state index contributed by atoms with van der Waals surface area (Å²) in [7, 11) is 0. The molecule has 4 nitrogen and oxygen atoms in total. The Morgan fingerprint density at radius 2 is 1.90 bits per heavy atom. The quantitative estimate of drug-likeness (QED) is 0.606. The molecule has 0 bridgehead atoms. The molecule has 1 N–H and O–H groups in total. The number of hydrogen-bond acceptors (Lipinski definition) is 3. The van der Waals surface area contributed by atoms with Gasteiger partial charge >= 0.3 is 0 Å². The van der Waals surface area contributed by atoms with Crippen LogP contribution in [0.1, 0.15) is 24.1 Å². The Hall–Kier alpha value is -1.78. The maximum atomic E-state index is 10.9. The van der Waals surface area contributed by atoms with E-state index in [2.05, 4.69) is 5.32 Å². The molecular weight excluding hydrogens is 311 g/mol. The standard InChI is InChI=1S/C15H14Cl2N2O2/c1-9-3-5-12(19(20)21)8-15(9)18-10(2)13-6-4-11(16)7-14(13)17/h3-8,10,18H,1-2H3. The Kier molecular flexibility index (Phi) is 4.70. The second-order valence-corrected chi connectivity index (χ2v) is 5.63. The first-order valence-electron chi connectivity index (χ1n) is 6.35. The fourth-order valence-electron chi connectivity index (χ4n) is 2.04. The van der Waals surface area contributed by atoms with Gasteiger partial charge in [-0.1, -0.05) is 35.3 Å². The van der Waals surface area contributed by atoms with E-state index in [1.54, 1.807) is 18.2 Å². The third kappa shape index (κ3) is 3.65. The normalized spacial score (nSPS) is 12.0. The van der Waals surface area contributed by atoms with Crippen molar-refractivity contribution in [1.29, 1.82) is 0 Å². The average molecular weight is 325 g/mol. The molecule has 0 aliphatic rings. The van der Waals surface area contributed by atoms with Gasteiger partial charge in [-0.25, -0.2) is 0 Å². The van der Waals surface area contributed by atoms with Crippen LogP contribution in [0.4, 0.5) is 11.4 Å². The third-order valence-electron chi connectivity index (χ3n) is 3.23. The summed E-state index contributed by atoms with van der Waals surface area (Å²) in [6.45, 7) is 3.83. The van der Waals surface area contributed by atoms with Crippen molar-refractivity contribution in [2.45, 2.75) is 19.9 Å². The number of halogens is 2. The molecule has 1 atom stereocenters. The second-order valence-electron chi connectivity index (χ2n) is 4.79. The first kappa shape index (κ1) is 15.6. The minimum absolute atomic E-state index is 0.0532. The van der Waals surface area contributed by atoms with Gasteiger partial charge in [0.15, 0.2) is 0 Å². The van der Waals surface area contributed by atoms with E-state index in [0.717, 1.165) is 11.1 Å². The minimum atomic E-state index is -0.412. The zero-order valence-corrected chi connectivity index (χ0v) is 13.1. The van der Waals surface area contributed by atoms with Gasteiger partial charge in [0.2, 0.25) is 0 Å². The van der Waals surface area contributed by atoms with Crippen LogP contribution in [-0.4, -0.2) is 4.92 Å². The van der Waals surface area contributed by atoms with Crippen molar-refractivity contribution in [3.8, 4) is 0 Å². The van der Waals surface area contributed by atoms with Crippen LogP contribution in [0.25, 0.3) is 0 Å². The molecular formula is C15H14Cl2N2O2. The summed E-state index contributed by atoms with van der Waals surface area (Å²) in [6.07, 6.45) is 0. The van der Waals surface area contributed by atoms with Crippen LogP contribution in [0.5, 0.6) is 0 Å². The van der Waals surface area contributed by atoms with Crippen molar-refractivity contribution in [3.05, 3.63) is 67.7 Å². The molecule has 110 valence electrons. The number of non-ortho nitro benzene ring substituents is 1. The van der Waals surface area contributed by atoms with E-state index in [-0.39, 0.29) is 11.7 Å². The molecule has 0 fully saturated rings. The van der Waals surface area contributed by atoms with Crippen molar-refractivity contribution >= 4 is 34.6 Å². The summed E-state index contributed by atoms with van der Waals surface area (Å²) in [5, 5.41) is 15.2. The van der Waals surface area contributed by atoms with Crippen molar-refractivity contribution in [2.24, 2.45) is 0 Å². The zero-order chi connectivity index (χ0) is 15.6. The van der Waals surface area contributed by atoms with Crippen LogP contribution >= 0.6 is 23.2 Å². The summed E-state index contributed by atoms with van der Waals surface area (Å²) in [5.41, 5.74) is 2.57. The number of nitro benzene ring substituents is 1. The molecule has 0 saturated heterocycles. The highest BCUT2D eigenvalue weighted by Crippen LogP contribution is 2.30. The number of hydrogen-bond donors (Lipinski definition) is 1. The number of benzene rings is 2. The molecule has 2 aromatic carbocycles. The largest absolute Gasteiger partial charge is 0.378 e. The third-order valence-corrected chi connectivity index (χ3v) is 3.80. The molecule has 0 heterocycles. The van der Waals surface area contributed by atoms with Gasteiger partial charge in [0.05, 0.1) is 11.0 Å². The number of nitro groups is 1. The number of rotatable bonds is 4. The van der Waals surface area contributed by atoms with Gasteiger partial charge in [-0.3, -0.25) is 10.1 Å². The van der Waals surface area contributed by atoms with Crippen molar-refractivity contribution in [1.82, 2.24) is 0 Å². The number of anilines is 1. The summed E-state index contributed by atoms with van der Waals surface area (Å²) < 4.78 is 0. The molecule has 0 amide bonds. The van der Waals surface area contributed by atoms with E-state index in [4.69, 9.17) is 23.2 Å². The maximum absolute atomic E-state index is 10.9. The first-order chi connectivity index (χ1) is 9.88. The van der Waals surface area contributed by atoms with Gasteiger partial charge in [0.25, 0.3) is 5.69 Å². The molecule has 0 aliphatic carbocycles. The lowest BCUT2D eigenvalue weighted by Crippen LogP contribution is -2.08. The Labute approximate surface area is 132 Å². The van der Waals surface area contributed by atoms with Gasteiger partial charge in [-0.05, 0) is 37.1 Å². The van der Waals surface area contributed by atoms with E-state index < -0.39 is 4.92 Å². The van der Waals surface area contributed by atoms with Crippen LogP contribution in [0.3, 0.4) is 0 Å². The van der Waals surface area contributed by atoms with E-state index in [1.165, 1.54) is 12.1 Å². The molecule has 0 spiro atoms. The summed E-state index contributed by atoms with van der Waals surface area (Å²) in [4.78, 5) is 10.4. The molecule has 6 heteroatoms. The van der Waals surface area contributed by atoms with Crippen LogP contribution in [0.2, 0.25) is 10.0 Å². The predicted octanol–water partition coefficient (Wildman–Crippen LogP) is 5.38. The van der Waals surface area contributed by atoms with E-state index in [0.29, 0.717) is 15.7 Å². The Morgan fingerprint density at radius 1 is 1.19 bits per heavy atom. The fraction of sp³-hybridized carbons (Fsp3) is 0.200. The molecule has 1 unspecified atom stereocenters. The van der Waals surface area contributed by atoms with Crippen LogP contribution in [0, 0.1) is 17.0 Å². The van der Waals surface area contributed by atoms with Crippen molar-refractivity contribution in [2.75, 3.05) is 5.32 Å². The Balaban J connectivity index is 2.28. The summed E-state index contributed by atoms with van der Waals surface area (Å²) in [5.74, 6) is 0. The van der Waals surface area contributed by atoms with E-state index in [1.807, 2.05) is 19.9 Å². The molecule has 2 aromatic rings. The lowest BCUT2D eigenvalue weighted by atomic mass is 10.1. The zero-order valence-electron chi connectivity index (χ0n) is 11.6. The van der Waals surface area contributed by atoms with Gasteiger partial charge in [0, 0.05) is 27.9 Å². The van der Waals surface area contributed by atoms with Crippen LogP contribution in [0.15, 0.2) is 36.4 Å². The van der Waals surface area contributed by atoms with Gasteiger partial charge in [-0.2, -0.15) is 0 Å². The number of nitrogens with zero attached hydrogens (tertiary/aromatic N) is 1. The lowest BCUT2D eigenvalue weighted by molar-refractivity contribution is -0.384. The second kappa shape index (κ2) is 6.33. The fourth-order valence-corrected chi connectivity index (χ4v) is 2.61. The highest BCUT2D eigenvalue weighted by Gasteiger charge is 2.13. The van der Waals surface area contributed by atoms with Crippen LogP contribution in [-0.2, 0) is 0 Å². The van der Waals surface area contributed by atoms with Crippen LogP contribution < -0.4 is 5.32 Å². The first-order valence-corrected chi connectivity index (χ1v) is 7.10. The maximum Gasteiger partial charge on any atom is 0.271 e. The van der Waals surface area contributed by atoms with E-state index >= 15 is 0 Å². The predicted molar refractivity (Wildman–Crippen MR) is 86.3 cm³/mol.